The average Bonchev–Trinajstić information content (AvgIpc) is 2.46. The zero-order valence-corrected chi connectivity index (χ0v) is 14.7. The van der Waals surface area contributed by atoms with Gasteiger partial charge < -0.3 is 11.1 Å². The van der Waals surface area contributed by atoms with Gasteiger partial charge in [0.2, 0.25) is 0 Å². The zero-order chi connectivity index (χ0) is 17.1. The molecule has 1 aromatic rings. The summed E-state index contributed by atoms with van der Waals surface area (Å²) in [4.78, 5) is 12.5. The van der Waals surface area contributed by atoms with Crippen LogP contribution < -0.4 is 11.1 Å². The van der Waals surface area contributed by atoms with Crippen molar-refractivity contribution in [2.45, 2.75) is 50.3 Å². The smallest absolute Gasteiger partial charge is 0.251 e. The minimum absolute atomic E-state index is 0.182. The molecule has 0 bridgehead atoms. The van der Waals surface area contributed by atoms with Gasteiger partial charge in [-0.2, -0.15) is 0 Å². The fourth-order valence-electron chi connectivity index (χ4n) is 1.83. The number of hydrogen-bond donors (Lipinski definition) is 2. The van der Waals surface area contributed by atoms with Gasteiger partial charge in [0.1, 0.15) is 0 Å². The molecular formula is C16H26N2O3S. The van der Waals surface area contributed by atoms with Gasteiger partial charge in [-0.15, -0.1) is 0 Å². The quantitative estimate of drug-likeness (QED) is 0.836. The predicted octanol–water partition coefficient (Wildman–Crippen LogP) is 1.97. The minimum Gasteiger partial charge on any atom is -0.345 e. The van der Waals surface area contributed by atoms with E-state index in [9.17, 15) is 13.2 Å². The van der Waals surface area contributed by atoms with E-state index < -0.39 is 20.6 Å². The molecule has 0 radical (unpaired) electrons. The molecule has 0 aliphatic carbocycles. The van der Waals surface area contributed by atoms with Crippen LogP contribution in [0.5, 0.6) is 0 Å². The zero-order valence-electron chi connectivity index (χ0n) is 13.9. The summed E-state index contributed by atoms with van der Waals surface area (Å²) in [5.74, 6) is -0.0720. The number of nitrogens with one attached hydrogen (secondary N) is 1. The van der Waals surface area contributed by atoms with Crippen LogP contribution >= 0.6 is 0 Å². The van der Waals surface area contributed by atoms with Crippen LogP contribution in [0.25, 0.3) is 0 Å². The first-order valence-electron chi connectivity index (χ1n) is 7.41. The summed E-state index contributed by atoms with van der Waals surface area (Å²) in [5, 5.41) is 2.43. The third kappa shape index (κ3) is 3.87. The van der Waals surface area contributed by atoms with Crippen LogP contribution in [0, 0.1) is 5.92 Å². The molecule has 3 N–H and O–H groups in total. The van der Waals surface area contributed by atoms with Crippen LogP contribution in [0.1, 0.15) is 45.0 Å². The predicted molar refractivity (Wildman–Crippen MR) is 88.5 cm³/mol. The van der Waals surface area contributed by atoms with E-state index in [-0.39, 0.29) is 16.7 Å². The summed E-state index contributed by atoms with van der Waals surface area (Å²) in [6.45, 7) is 9.47. The fraction of sp³-hybridized carbons (Fsp3) is 0.562. The molecule has 5 nitrogen and oxygen atoms in total. The second-order valence-electron chi connectivity index (χ2n) is 6.35. The van der Waals surface area contributed by atoms with Crippen molar-refractivity contribution in [3.63, 3.8) is 0 Å². The van der Waals surface area contributed by atoms with Crippen LogP contribution in [0.3, 0.4) is 0 Å². The van der Waals surface area contributed by atoms with Gasteiger partial charge >= 0.3 is 0 Å². The number of carbonyl (C=O) groups is 1. The van der Waals surface area contributed by atoms with Crippen molar-refractivity contribution < 1.29 is 13.2 Å². The number of amides is 1. The van der Waals surface area contributed by atoms with Gasteiger partial charge in [-0.25, -0.2) is 8.42 Å². The van der Waals surface area contributed by atoms with Crippen LogP contribution in [0.4, 0.5) is 0 Å². The van der Waals surface area contributed by atoms with Crippen LogP contribution in [0.2, 0.25) is 0 Å². The highest BCUT2D eigenvalue weighted by Crippen LogP contribution is 2.18. The lowest BCUT2D eigenvalue weighted by Gasteiger charge is -2.33. The van der Waals surface area contributed by atoms with E-state index in [1.54, 1.807) is 13.8 Å². The molecule has 1 rings (SSSR count). The van der Waals surface area contributed by atoms with E-state index in [0.29, 0.717) is 12.1 Å². The van der Waals surface area contributed by atoms with Gasteiger partial charge in [0.15, 0.2) is 9.84 Å². The van der Waals surface area contributed by atoms with E-state index in [2.05, 4.69) is 5.32 Å². The number of nitrogens with two attached hydrogens (primary N) is 1. The lowest BCUT2D eigenvalue weighted by molar-refractivity contribution is 0.0883. The second kappa shape index (κ2) is 6.79. The topological polar surface area (TPSA) is 89.3 Å². The van der Waals surface area contributed by atoms with E-state index >= 15 is 0 Å². The van der Waals surface area contributed by atoms with Crippen molar-refractivity contribution in [3.05, 3.63) is 29.8 Å². The molecule has 0 saturated carbocycles. The summed E-state index contributed by atoms with van der Waals surface area (Å²) in [6, 6.07) is 6.00. The highest BCUT2D eigenvalue weighted by atomic mass is 32.2. The van der Waals surface area contributed by atoms with E-state index in [4.69, 9.17) is 5.73 Å². The highest BCUT2D eigenvalue weighted by molar-refractivity contribution is 7.92. The van der Waals surface area contributed by atoms with Crippen molar-refractivity contribution in [3.8, 4) is 0 Å². The number of hydrogen-bond acceptors (Lipinski definition) is 4. The van der Waals surface area contributed by atoms with E-state index in [0.717, 1.165) is 0 Å². The summed E-state index contributed by atoms with van der Waals surface area (Å²) in [5.41, 5.74) is 5.67. The molecular weight excluding hydrogens is 300 g/mol. The molecule has 1 amide bonds. The summed E-state index contributed by atoms with van der Waals surface area (Å²) in [6.07, 6.45) is 0. The summed E-state index contributed by atoms with van der Waals surface area (Å²) >= 11 is 0. The Bertz CT molecular complexity index is 621. The molecule has 1 unspecified atom stereocenters. The van der Waals surface area contributed by atoms with Crippen LogP contribution in [0.15, 0.2) is 29.2 Å². The normalized spacial score (nSPS) is 14.9. The summed E-state index contributed by atoms with van der Waals surface area (Å²) in [7, 11) is -3.32. The lowest BCUT2D eigenvalue weighted by atomic mass is 9.88. The molecule has 22 heavy (non-hydrogen) atoms. The van der Waals surface area contributed by atoms with Gasteiger partial charge in [-0.3, -0.25) is 4.79 Å². The van der Waals surface area contributed by atoms with Gasteiger partial charge in [-0.1, -0.05) is 13.8 Å². The first kappa shape index (κ1) is 18.6. The molecule has 6 heteroatoms. The van der Waals surface area contributed by atoms with Crippen molar-refractivity contribution in [1.82, 2.24) is 5.32 Å². The maximum Gasteiger partial charge on any atom is 0.251 e. The monoisotopic (exact) mass is 326 g/mol. The first-order valence-corrected chi connectivity index (χ1v) is 8.95. The third-order valence-corrected chi connectivity index (χ3v) is 6.33. The number of rotatable bonds is 6. The number of benzene rings is 1. The maximum atomic E-state index is 12.3. The number of sulfone groups is 1. The van der Waals surface area contributed by atoms with Gasteiger partial charge in [0.05, 0.1) is 15.7 Å². The van der Waals surface area contributed by atoms with Crippen LogP contribution in [-0.4, -0.2) is 31.7 Å². The van der Waals surface area contributed by atoms with Gasteiger partial charge in [0, 0.05) is 12.1 Å². The molecule has 1 atom stereocenters. The largest absolute Gasteiger partial charge is 0.345 e. The maximum absolute atomic E-state index is 12.3. The minimum atomic E-state index is -3.32. The Hall–Kier alpha value is -1.40. The Kier molecular flexibility index (Phi) is 5.76. The molecule has 0 fully saturated rings. The molecule has 0 heterocycles. The standard InChI is InChI=1S/C16H26N2O3S/c1-11(2)16(5,10-17)18-15(19)13-6-8-14(9-7-13)22(20,21)12(3)4/h6-9,11-12H,10,17H2,1-5H3,(H,18,19). The average molecular weight is 326 g/mol. The molecule has 124 valence electrons. The Morgan fingerprint density at radius 1 is 1.18 bits per heavy atom. The molecule has 0 saturated heterocycles. The Balaban J connectivity index is 2.99. The Labute approximate surface area is 133 Å². The molecule has 0 aromatic heterocycles. The first-order chi connectivity index (χ1) is 10.0. The Morgan fingerprint density at radius 3 is 2.05 bits per heavy atom. The van der Waals surface area contributed by atoms with Crippen molar-refractivity contribution in [2.75, 3.05) is 6.54 Å². The third-order valence-electron chi connectivity index (χ3n) is 4.16. The van der Waals surface area contributed by atoms with Crippen LogP contribution in [-0.2, 0) is 9.84 Å². The lowest BCUT2D eigenvalue weighted by Crippen LogP contribution is -2.55. The number of carbonyl (C=O) groups excluding carboxylic acids is 1. The molecule has 0 aliphatic rings. The van der Waals surface area contributed by atoms with E-state index in [1.165, 1.54) is 24.3 Å². The summed E-state index contributed by atoms with van der Waals surface area (Å²) < 4.78 is 24.1. The molecule has 1 aromatic carbocycles. The van der Waals surface area contributed by atoms with Gasteiger partial charge in [0.25, 0.3) is 5.91 Å². The SMILES string of the molecule is CC(C)C(C)(CN)NC(=O)c1ccc(S(=O)(=O)C(C)C)cc1. The fourth-order valence-corrected chi connectivity index (χ4v) is 2.89. The van der Waals surface area contributed by atoms with Crippen molar-refractivity contribution >= 4 is 15.7 Å². The highest BCUT2D eigenvalue weighted by Gasteiger charge is 2.29. The second-order valence-corrected chi connectivity index (χ2v) is 8.85. The Morgan fingerprint density at radius 2 is 1.68 bits per heavy atom. The van der Waals surface area contributed by atoms with E-state index in [1.807, 2.05) is 20.8 Å². The molecule has 0 spiro atoms. The van der Waals surface area contributed by atoms with Crippen molar-refractivity contribution in [2.24, 2.45) is 11.7 Å². The van der Waals surface area contributed by atoms with Gasteiger partial charge in [-0.05, 0) is 51.0 Å². The molecule has 0 aliphatic heterocycles. The van der Waals surface area contributed by atoms with Crippen molar-refractivity contribution in [1.29, 1.82) is 0 Å².